The molecule has 0 aliphatic rings. The van der Waals surface area contributed by atoms with Gasteiger partial charge in [-0.2, -0.15) is 5.06 Å². The third kappa shape index (κ3) is 6.76. The Kier molecular flexibility index (Phi) is 9.02. The Balaban J connectivity index is 1.70. The molecule has 2 amide bonds. The molecule has 0 atom stereocenters. The molecule has 32 heavy (non-hydrogen) atoms. The predicted octanol–water partition coefficient (Wildman–Crippen LogP) is 7.43. The van der Waals surface area contributed by atoms with Crippen LogP contribution in [0.15, 0.2) is 71.9 Å². The first-order valence-electron chi connectivity index (χ1n) is 9.25. The van der Waals surface area contributed by atoms with Gasteiger partial charge in [0.1, 0.15) is 13.2 Å². The number of carbonyl (C=O) groups is 1. The van der Waals surface area contributed by atoms with Crippen molar-refractivity contribution in [3.05, 3.63) is 97.9 Å². The van der Waals surface area contributed by atoms with Gasteiger partial charge in [-0.15, -0.1) is 0 Å². The Morgan fingerprint density at radius 2 is 1.34 bits per heavy atom. The highest BCUT2D eigenvalue weighted by Gasteiger charge is 2.16. The van der Waals surface area contributed by atoms with E-state index < -0.39 is 6.03 Å². The summed E-state index contributed by atoms with van der Waals surface area (Å²) in [5.41, 5.74) is 1.65. The lowest BCUT2D eigenvalue weighted by atomic mass is 10.2. The van der Waals surface area contributed by atoms with Crippen molar-refractivity contribution in [2.75, 3.05) is 5.32 Å². The molecule has 0 aliphatic carbocycles. The summed E-state index contributed by atoms with van der Waals surface area (Å²) in [6.45, 7) is -0.0808. The van der Waals surface area contributed by atoms with Gasteiger partial charge < -0.3 is 10.2 Å². The van der Waals surface area contributed by atoms with Crippen LogP contribution in [0.4, 0.5) is 10.5 Å². The van der Waals surface area contributed by atoms with Gasteiger partial charge in [0.25, 0.3) is 0 Å². The molecule has 3 aromatic carbocycles. The van der Waals surface area contributed by atoms with E-state index in [1.54, 1.807) is 60.7 Å². The van der Waals surface area contributed by atoms with Gasteiger partial charge in [0.15, 0.2) is 6.34 Å². The molecule has 0 heterocycles. The third-order valence-corrected chi connectivity index (χ3v) is 5.55. The summed E-state index contributed by atoms with van der Waals surface area (Å²) in [5, 5.41) is 9.06. The lowest BCUT2D eigenvalue weighted by molar-refractivity contribution is -0.0676. The van der Waals surface area contributed by atoms with Crippen LogP contribution in [-0.2, 0) is 22.9 Å². The minimum Gasteiger partial charge on any atom is -0.390 e. The summed E-state index contributed by atoms with van der Waals surface area (Å²) in [6.07, 6.45) is 1.08. The highest BCUT2D eigenvalue weighted by molar-refractivity contribution is 6.36. The predicted molar refractivity (Wildman–Crippen MR) is 128 cm³/mol. The molecule has 3 rings (SSSR count). The first kappa shape index (κ1) is 24.2. The number of para-hydroxylation sites is 1. The Labute approximate surface area is 205 Å². The average molecular weight is 513 g/mol. The molecule has 0 bridgehead atoms. The van der Waals surface area contributed by atoms with Gasteiger partial charge in [0.2, 0.25) is 0 Å². The largest absolute Gasteiger partial charge is 0.390 e. The van der Waals surface area contributed by atoms with E-state index in [0.29, 0.717) is 36.9 Å². The van der Waals surface area contributed by atoms with Crippen molar-refractivity contribution in [2.24, 2.45) is 5.16 Å². The molecule has 0 aromatic heterocycles. The number of hydrogen-bond donors (Lipinski definition) is 1. The monoisotopic (exact) mass is 511 g/mol. The van der Waals surface area contributed by atoms with E-state index in [-0.39, 0.29) is 13.2 Å². The Bertz CT molecular complexity index is 1060. The summed E-state index contributed by atoms with van der Waals surface area (Å²) in [7, 11) is 0. The molecular weight excluding hydrogens is 496 g/mol. The second kappa shape index (κ2) is 11.9. The normalized spacial score (nSPS) is 10.9. The molecule has 1 N–H and O–H groups in total. The number of nitrogens with one attached hydrogen (secondary N) is 1. The number of halogens is 4. The van der Waals surface area contributed by atoms with E-state index >= 15 is 0 Å². The van der Waals surface area contributed by atoms with Crippen LogP contribution in [-0.4, -0.2) is 17.4 Å². The van der Waals surface area contributed by atoms with Crippen molar-refractivity contribution in [2.45, 2.75) is 13.2 Å². The number of hydrogen-bond acceptors (Lipinski definition) is 4. The van der Waals surface area contributed by atoms with Gasteiger partial charge >= 0.3 is 6.03 Å². The number of carbonyl (C=O) groups excluding carboxylic acids is 1. The average Bonchev–Trinajstić information content (AvgIpc) is 2.77. The minimum atomic E-state index is -0.609. The fourth-order valence-electron chi connectivity index (χ4n) is 2.50. The molecule has 0 saturated heterocycles. The molecule has 6 nitrogen and oxygen atoms in total. The van der Waals surface area contributed by atoms with E-state index in [4.69, 9.17) is 56.1 Å². The van der Waals surface area contributed by atoms with Crippen LogP contribution in [0.3, 0.4) is 0 Å². The number of amides is 2. The Morgan fingerprint density at radius 1 is 0.812 bits per heavy atom. The zero-order valence-electron chi connectivity index (χ0n) is 16.5. The van der Waals surface area contributed by atoms with E-state index in [0.717, 1.165) is 11.4 Å². The molecule has 0 saturated carbocycles. The quantitative estimate of drug-likeness (QED) is 0.194. The summed E-state index contributed by atoms with van der Waals surface area (Å²) in [4.78, 5) is 23.6. The highest BCUT2D eigenvalue weighted by atomic mass is 35.5. The summed E-state index contributed by atoms with van der Waals surface area (Å²) >= 11 is 24.6. The van der Waals surface area contributed by atoms with Gasteiger partial charge in [0.05, 0.1) is 0 Å². The number of rotatable bonds is 8. The summed E-state index contributed by atoms with van der Waals surface area (Å²) < 4.78 is 0. The van der Waals surface area contributed by atoms with Crippen LogP contribution in [0.1, 0.15) is 11.1 Å². The number of urea groups is 1. The second-order valence-electron chi connectivity index (χ2n) is 6.29. The summed E-state index contributed by atoms with van der Waals surface area (Å²) in [6, 6.07) is 18.4. The van der Waals surface area contributed by atoms with Crippen molar-refractivity contribution in [1.29, 1.82) is 0 Å². The van der Waals surface area contributed by atoms with Crippen molar-refractivity contribution >= 4 is 64.5 Å². The van der Waals surface area contributed by atoms with E-state index in [1.807, 2.05) is 6.07 Å². The number of hydroxylamine groups is 2. The minimum absolute atomic E-state index is 0.000503. The first-order chi connectivity index (χ1) is 15.5. The number of anilines is 1. The maximum Gasteiger partial charge on any atom is 0.351 e. The zero-order valence-corrected chi connectivity index (χ0v) is 19.5. The Hall–Kier alpha value is -2.48. The zero-order chi connectivity index (χ0) is 22.9. The van der Waals surface area contributed by atoms with Gasteiger partial charge in [-0.1, -0.05) is 81.9 Å². The van der Waals surface area contributed by atoms with Crippen LogP contribution in [0.5, 0.6) is 0 Å². The van der Waals surface area contributed by atoms with Gasteiger partial charge in [-0.25, -0.2) is 4.79 Å². The van der Waals surface area contributed by atoms with Crippen molar-refractivity contribution < 1.29 is 14.5 Å². The fourth-order valence-corrected chi connectivity index (χ4v) is 3.51. The lowest BCUT2D eigenvalue weighted by Gasteiger charge is -2.18. The van der Waals surface area contributed by atoms with Crippen molar-refractivity contribution in [3.63, 3.8) is 0 Å². The van der Waals surface area contributed by atoms with Crippen LogP contribution in [0.2, 0.25) is 20.1 Å². The standard InChI is InChI=1S/C22H17Cl4N3O3/c23-18-8-4-9-19(24)16(18)12-31-27-14-29(22(30)28-15-6-2-1-3-7-15)32-13-17-20(25)10-5-11-21(17)26/h1-11,14H,12-13H2,(H,28,30). The number of oxime groups is 1. The van der Waals surface area contributed by atoms with Crippen LogP contribution in [0, 0.1) is 0 Å². The highest BCUT2D eigenvalue weighted by Crippen LogP contribution is 2.26. The van der Waals surface area contributed by atoms with Gasteiger partial charge in [-0.3, -0.25) is 4.84 Å². The smallest absolute Gasteiger partial charge is 0.351 e. The van der Waals surface area contributed by atoms with Crippen molar-refractivity contribution in [1.82, 2.24) is 5.06 Å². The van der Waals surface area contributed by atoms with Gasteiger partial charge in [-0.05, 0) is 36.4 Å². The number of benzene rings is 3. The van der Waals surface area contributed by atoms with E-state index in [9.17, 15) is 4.79 Å². The maximum absolute atomic E-state index is 12.7. The Morgan fingerprint density at radius 3 is 1.91 bits per heavy atom. The summed E-state index contributed by atoms with van der Waals surface area (Å²) in [5.74, 6) is 0. The third-order valence-electron chi connectivity index (χ3n) is 4.13. The topological polar surface area (TPSA) is 63.2 Å². The van der Waals surface area contributed by atoms with E-state index in [2.05, 4.69) is 10.5 Å². The molecule has 166 valence electrons. The van der Waals surface area contributed by atoms with Crippen LogP contribution < -0.4 is 5.32 Å². The number of nitrogens with zero attached hydrogens (tertiary/aromatic N) is 2. The van der Waals surface area contributed by atoms with Crippen molar-refractivity contribution in [3.8, 4) is 0 Å². The van der Waals surface area contributed by atoms with Crippen LogP contribution >= 0.6 is 46.4 Å². The van der Waals surface area contributed by atoms with Crippen LogP contribution in [0.25, 0.3) is 0 Å². The lowest BCUT2D eigenvalue weighted by Crippen LogP contribution is -2.34. The molecule has 0 radical (unpaired) electrons. The molecule has 0 aliphatic heterocycles. The molecule has 0 fully saturated rings. The SMILES string of the molecule is O=C(Nc1ccccc1)N(C=NOCc1c(Cl)cccc1Cl)OCc1c(Cl)cccc1Cl. The fraction of sp³-hybridized carbons (Fsp3) is 0.0909. The molecule has 10 heteroatoms. The maximum atomic E-state index is 12.7. The molecular formula is C22H17Cl4N3O3. The molecule has 0 unspecified atom stereocenters. The van der Waals surface area contributed by atoms with E-state index in [1.165, 1.54) is 0 Å². The van der Waals surface area contributed by atoms with Gasteiger partial charge in [0, 0.05) is 36.9 Å². The molecule has 0 spiro atoms. The second-order valence-corrected chi connectivity index (χ2v) is 7.92. The molecule has 3 aromatic rings. The first-order valence-corrected chi connectivity index (χ1v) is 10.8.